The van der Waals surface area contributed by atoms with Crippen molar-refractivity contribution in [2.45, 2.75) is 57.0 Å². The quantitative estimate of drug-likeness (QED) is 0.558. The molecule has 2 rings (SSSR count). The molecule has 0 saturated carbocycles. The summed E-state index contributed by atoms with van der Waals surface area (Å²) in [5, 5.41) is 40.2. The molecule has 26 heavy (non-hydrogen) atoms. The van der Waals surface area contributed by atoms with Gasteiger partial charge in [0.25, 0.3) is 0 Å². The number of hydrogen-bond donors (Lipinski definition) is 4. The molecule has 1 aromatic carbocycles. The van der Waals surface area contributed by atoms with Crippen LogP contribution in [0.4, 0.5) is 0 Å². The molecule has 0 amide bonds. The second-order valence-electron chi connectivity index (χ2n) is 6.52. The molecule has 1 aliphatic rings. The summed E-state index contributed by atoms with van der Waals surface area (Å²) >= 11 is 0. The molecule has 7 heteroatoms. The van der Waals surface area contributed by atoms with E-state index in [0.717, 1.165) is 0 Å². The molecular weight excluding hydrogens is 340 g/mol. The second kappa shape index (κ2) is 9.02. The average Bonchev–Trinajstić information content (AvgIpc) is 2.59. The van der Waals surface area contributed by atoms with Crippen molar-refractivity contribution in [1.29, 1.82) is 0 Å². The molecule has 7 nitrogen and oxygen atoms in total. The molecule has 0 radical (unpaired) electrons. The number of fused-ring (bicyclic) bond motifs is 1. The van der Waals surface area contributed by atoms with Crippen LogP contribution in [0.15, 0.2) is 18.2 Å². The maximum Gasteiger partial charge on any atom is 0.342 e. The van der Waals surface area contributed by atoms with Gasteiger partial charge in [-0.1, -0.05) is 12.2 Å². The third-order valence-corrected chi connectivity index (χ3v) is 4.44. The predicted molar refractivity (Wildman–Crippen MR) is 95.1 cm³/mol. The van der Waals surface area contributed by atoms with Crippen LogP contribution in [0, 0.1) is 0 Å². The van der Waals surface area contributed by atoms with Crippen LogP contribution in [0.2, 0.25) is 0 Å². The molecule has 0 saturated heterocycles. The summed E-state index contributed by atoms with van der Waals surface area (Å²) in [4.78, 5) is 12.5. The summed E-state index contributed by atoms with van der Waals surface area (Å²) in [6, 6.07) is 2.90. The third kappa shape index (κ3) is 4.97. The fourth-order valence-electron chi connectivity index (χ4n) is 2.91. The highest BCUT2D eigenvalue weighted by Gasteiger charge is 2.25. The highest BCUT2D eigenvalue weighted by atomic mass is 16.5. The first-order valence-electron chi connectivity index (χ1n) is 8.66. The molecule has 4 N–H and O–H groups in total. The lowest BCUT2D eigenvalue weighted by atomic mass is 9.98. The van der Waals surface area contributed by atoms with E-state index >= 15 is 0 Å². The van der Waals surface area contributed by atoms with Gasteiger partial charge in [0, 0.05) is 6.07 Å². The Morgan fingerprint density at radius 2 is 1.88 bits per heavy atom. The largest absolute Gasteiger partial charge is 0.507 e. The van der Waals surface area contributed by atoms with Gasteiger partial charge in [-0.05, 0) is 44.2 Å². The van der Waals surface area contributed by atoms with E-state index in [9.17, 15) is 25.2 Å². The Morgan fingerprint density at radius 1 is 1.15 bits per heavy atom. The number of phenolic OH excluding ortho intramolecular Hbond substituents is 1. The van der Waals surface area contributed by atoms with E-state index in [1.54, 1.807) is 19.1 Å². The first-order chi connectivity index (χ1) is 12.3. The number of esters is 1. The molecule has 4 atom stereocenters. The maximum absolute atomic E-state index is 12.5. The molecule has 0 aliphatic carbocycles. The SMILES string of the molecule is COc1cc(O)c2c(c1)/C=C/C[C@H](O)[C@@H](O)[C@H](O)CCC[C@H](C)OC2=O. The number of hydrogen-bond acceptors (Lipinski definition) is 7. The van der Waals surface area contributed by atoms with E-state index in [-0.39, 0.29) is 24.2 Å². The molecule has 0 fully saturated rings. The summed E-state index contributed by atoms with van der Waals surface area (Å²) in [6.45, 7) is 1.72. The third-order valence-electron chi connectivity index (χ3n) is 4.44. The normalized spacial score (nSPS) is 29.2. The summed E-state index contributed by atoms with van der Waals surface area (Å²) < 4.78 is 10.5. The smallest absolute Gasteiger partial charge is 0.342 e. The van der Waals surface area contributed by atoms with Gasteiger partial charge in [0.1, 0.15) is 23.2 Å². The van der Waals surface area contributed by atoms with E-state index in [0.29, 0.717) is 24.2 Å². The molecule has 1 aromatic rings. The van der Waals surface area contributed by atoms with Crippen molar-refractivity contribution in [2.24, 2.45) is 0 Å². The number of ether oxygens (including phenoxy) is 2. The highest BCUT2D eigenvalue weighted by molar-refractivity contribution is 5.97. The van der Waals surface area contributed by atoms with E-state index in [2.05, 4.69) is 0 Å². The van der Waals surface area contributed by atoms with Crippen LogP contribution >= 0.6 is 0 Å². The Hall–Kier alpha value is -2.09. The lowest BCUT2D eigenvalue weighted by molar-refractivity contribution is -0.0613. The standard InChI is InChI=1S/C19H26O7/c1-11-5-3-7-14(20)18(23)15(21)8-4-6-12-9-13(25-2)10-16(22)17(12)19(24)26-11/h4,6,9-11,14-15,18,20-23H,3,5,7-8H2,1-2H3/b6-4+/t11-,14+,15-,18-/m0/s1. The zero-order valence-electron chi connectivity index (χ0n) is 15.0. The van der Waals surface area contributed by atoms with Gasteiger partial charge in [0.2, 0.25) is 0 Å². The van der Waals surface area contributed by atoms with Crippen LogP contribution in [0.25, 0.3) is 6.08 Å². The lowest BCUT2D eigenvalue weighted by Gasteiger charge is -2.23. The van der Waals surface area contributed by atoms with Crippen molar-refractivity contribution in [3.8, 4) is 11.5 Å². The Morgan fingerprint density at radius 3 is 2.58 bits per heavy atom. The molecule has 0 aromatic heterocycles. The number of phenols is 1. The van der Waals surface area contributed by atoms with E-state index < -0.39 is 30.4 Å². The lowest BCUT2D eigenvalue weighted by Crippen LogP contribution is -2.37. The zero-order valence-corrected chi connectivity index (χ0v) is 15.0. The molecule has 0 bridgehead atoms. The maximum atomic E-state index is 12.5. The minimum atomic E-state index is -1.27. The number of methoxy groups -OCH3 is 1. The topological polar surface area (TPSA) is 116 Å². The molecule has 0 spiro atoms. The van der Waals surface area contributed by atoms with Crippen LogP contribution in [-0.4, -0.2) is 57.9 Å². The molecule has 0 unspecified atom stereocenters. The van der Waals surface area contributed by atoms with Gasteiger partial charge in [-0.3, -0.25) is 0 Å². The van der Waals surface area contributed by atoms with Crippen LogP contribution in [0.5, 0.6) is 11.5 Å². The van der Waals surface area contributed by atoms with Gasteiger partial charge in [-0.15, -0.1) is 0 Å². The second-order valence-corrected chi connectivity index (χ2v) is 6.52. The summed E-state index contributed by atoms with van der Waals surface area (Å²) in [7, 11) is 1.44. The minimum absolute atomic E-state index is 0.0148. The van der Waals surface area contributed by atoms with Crippen molar-refractivity contribution in [2.75, 3.05) is 7.11 Å². The van der Waals surface area contributed by atoms with E-state index in [1.165, 1.54) is 19.3 Å². The average molecular weight is 366 g/mol. The number of aromatic hydroxyl groups is 1. The number of carbonyl (C=O) groups excluding carboxylic acids is 1. The first-order valence-corrected chi connectivity index (χ1v) is 8.66. The van der Waals surface area contributed by atoms with Gasteiger partial charge in [-0.25, -0.2) is 4.79 Å². The number of aliphatic hydroxyl groups excluding tert-OH is 3. The zero-order chi connectivity index (χ0) is 19.3. The van der Waals surface area contributed by atoms with Gasteiger partial charge in [0.15, 0.2) is 0 Å². The van der Waals surface area contributed by atoms with Crippen molar-refractivity contribution >= 4 is 12.0 Å². The molecule has 1 aliphatic heterocycles. The number of rotatable bonds is 1. The summed E-state index contributed by atoms with van der Waals surface area (Å²) in [5.41, 5.74) is 0.388. The van der Waals surface area contributed by atoms with Crippen molar-refractivity contribution < 1.29 is 34.7 Å². The monoisotopic (exact) mass is 366 g/mol. The molecule has 1 heterocycles. The van der Waals surface area contributed by atoms with E-state index in [4.69, 9.17) is 9.47 Å². The number of carbonyl (C=O) groups is 1. The van der Waals surface area contributed by atoms with Crippen molar-refractivity contribution in [3.63, 3.8) is 0 Å². The van der Waals surface area contributed by atoms with Crippen LogP contribution in [-0.2, 0) is 4.74 Å². The Bertz CT molecular complexity index is 656. The van der Waals surface area contributed by atoms with Gasteiger partial charge >= 0.3 is 5.97 Å². The van der Waals surface area contributed by atoms with Gasteiger partial charge < -0.3 is 29.9 Å². The van der Waals surface area contributed by atoms with Crippen molar-refractivity contribution in [3.05, 3.63) is 29.3 Å². The number of benzene rings is 1. The van der Waals surface area contributed by atoms with Gasteiger partial charge in [0.05, 0.1) is 25.4 Å². The van der Waals surface area contributed by atoms with Crippen molar-refractivity contribution in [1.82, 2.24) is 0 Å². The van der Waals surface area contributed by atoms with Crippen LogP contribution < -0.4 is 4.74 Å². The number of cyclic esters (lactones) is 1. The van der Waals surface area contributed by atoms with Crippen LogP contribution in [0.3, 0.4) is 0 Å². The number of aliphatic hydroxyl groups is 3. The van der Waals surface area contributed by atoms with Gasteiger partial charge in [-0.2, -0.15) is 0 Å². The highest BCUT2D eigenvalue weighted by Crippen LogP contribution is 2.30. The van der Waals surface area contributed by atoms with E-state index in [1.807, 2.05) is 0 Å². The summed E-state index contributed by atoms with van der Waals surface area (Å²) in [6.07, 6.45) is 0.542. The first kappa shape index (κ1) is 20.2. The summed E-state index contributed by atoms with van der Waals surface area (Å²) in [5.74, 6) is -0.552. The molecule has 144 valence electrons. The Kier molecular flexibility index (Phi) is 7.02. The molecular formula is C19H26O7. The fourth-order valence-corrected chi connectivity index (χ4v) is 2.91. The Labute approximate surface area is 152 Å². The fraction of sp³-hybridized carbons (Fsp3) is 0.526. The minimum Gasteiger partial charge on any atom is -0.507 e. The Balaban J connectivity index is 2.40. The van der Waals surface area contributed by atoms with Crippen LogP contribution in [0.1, 0.15) is 48.5 Å². The predicted octanol–water partition coefficient (Wildman–Crippen LogP) is 1.62.